The number of guanidine groups is 1. The van der Waals surface area contributed by atoms with Crippen LogP contribution in [0, 0.1) is 5.92 Å². The molecule has 0 atom stereocenters. The molecule has 2 N–H and O–H groups in total. The van der Waals surface area contributed by atoms with E-state index in [2.05, 4.69) is 26.7 Å². The SMILES string of the molecule is CN=C(NCc1ccnc(OC)c1)NCc1ccccc1OCC1CC1. The summed E-state index contributed by atoms with van der Waals surface area (Å²) in [5.41, 5.74) is 2.20. The molecule has 0 aliphatic heterocycles. The van der Waals surface area contributed by atoms with Crippen molar-refractivity contribution in [2.45, 2.75) is 25.9 Å². The number of methoxy groups -OCH3 is 1. The highest BCUT2D eigenvalue weighted by Gasteiger charge is 2.22. The van der Waals surface area contributed by atoms with E-state index in [4.69, 9.17) is 9.47 Å². The molecule has 0 bridgehead atoms. The van der Waals surface area contributed by atoms with Crippen LogP contribution in [0.25, 0.3) is 0 Å². The molecular weight excluding hydrogens is 328 g/mol. The molecular formula is C20H26N4O2. The highest BCUT2D eigenvalue weighted by atomic mass is 16.5. The quantitative estimate of drug-likeness (QED) is 0.564. The van der Waals surface area contributed by atoms with Gasteiger partial charge in [-0.1, -0.05) is 18.2 Å². The van der Waals surface area contributed by atoms with Gasteiger partial charge in [0.15, 0.2) is 5.96 Å². The first-order valence-electron chi connectivity index (χ1n) is 8.92. The number of hydrogen-bond acceptors (Lipinski definition) is 4. The number of aromatic nitrogens is 1. The zero-order chi connectivity index (χ0) is 18.2. The van der Waals surface area contributed by atoms with Gasteiger partial charge in [-0.15, -0.1) is 0 Å². The van der Waals surface area contributed by atoms with E-state index < -0.39 is 0 Å². The van der Waals surface area contributed by atoms with Crippen LogP contribution >= 0.6 is 0 Å². The van der Waals surface area contributed by atoms with Crippen molar-refractivity contribution in [2.24, 2.45) is 10.9 Å². The van der Waals surface area contributed by atoms with Gasteiger partial charge in [-0.3, -0.25) is 4.99 Å². The van der Waals surface area contributed by atoms with Crippen LogP contribution in [0.3, 0.4) is 0 Å². The number of benzene rings is 1. The normalized spacial score (nSPS) is 14.0. The second-order valence-corrected chi connectivity index (χ2v) is 6.35. The largest absolute Gasteiger partial charge is 0.493 e. The summed E-state index contributed by atoms with van der Waals surface area (Å²) in [4.78, 5) is 8.40. The fourth-order valence-corrected chi connectivity index (χ4v) is 2.54. The summed E-state index contributed by atoms with van der Waals surface area (Å²) in [5, 5.41) is 6.64. The van der Waals surface area contributed by atoms with Gasteiger partial charge in [0.05, 0.1) is 13.7 Å². The van der Waals surface area contributed by atoms with Gasteiger partial charge in [0, 0.05) is 38.0 Å². The zero-order valence-electron chi connectivity index (χ0n) is 15.4. The lowest BCUT2D eigenvalue weighted by molar-refractivity contribution is 0.296. The number of para-hydroxylation sites is 1. The number of nitrogens with zero attached hydrogens (tertiary/aromatic N) is 2. The number of rotatable bonds is 8. The Balaban J connectivity index is 1.52. The Morgan fingerprint density at radius 2 is 2.00 bits per heavy atom. The summed E-state index contributed by atoms with van der Waals surface area (Å²) in [6, 6.07) is 12.0. The molecule has 2 aromatic rings. The minimum Gasteiger partial charge on any atom is -0.493 e. The monoisotopic (exact) mass is 354 g/mol. The summed E-state index contributed by atoms with van der Waals surface area (Å²) >= 11 is 0. The first-order chi connectivity index (χ1) is 12.8. The molecule has 138 valence electrons. The molecule has 1 aromatic heterocycles. The predicted molar refractivity (Wildman–Crippen MR) is 102 cm³/mol. The van der Waals surface area contributed by atoms with Gasteiger partial charge >= 0.3 is 0 Å². The van der Waals surface area contributed by atoms with E-state index in [1.807, 2.05) is 30.3 Å². The Hall–Kier alpha value is -2.76. The summed E-state index contributed by atoms with van der Waals surface area (Å²) in [6.07, 6.45) is 4.31. The van der Waals surface area contributed by atoms with Gasteiger partial charge in [-0.05, 0) is 36.5 Å². The van der Waals surface area contributed by atoms with Gasteiger partial charge in [0.25, 0.3) is 0 Å². The topological polar surface area (TPSA) is 67.8 Å². The maximum Gasteiger partial charge on any atom is 0.213 e. The smallest absolute Gasteiger partial charge is 0.213 e. The summed E-state index contributed by atoms with van der Waals surface area (Å²) in [5.74, 6) is 3.02. The summed E-state index contributed by atoms with van der Waals surface area (Å²) in [7, 11) is 3.38. The molecule has 1 heterocycles. The minimum absolute atomic E-state index is 0.606. The third kappa shape index (κ3) is 5.37. The van der Waals surface area contributed by atoms with Crippen molar-refractivity contribution in [1.29, 1.82) is 0 Å². The first-order valence-corrected chi connectivity index (χ1v) is 8.92. The van der Waals surface area contributed by atoms with Crippen molar-refractivity contribution >= 4 is 5.96 Å². The van der Waals surface area contributed by atoms with E-state index >= 15 is 0 Å². The maximum absolute atomic E-state index is 5.96. The van der Waals surface area contributed by atoms with Gasteiger partial charge < -0.3 is 20.1 Å². The zero-order valence-corrected chi connectivity index (χ0v) is 15.4. The molecule has 0 amide bonds. The molecule has 0 radical (unpaired) electrons. The van der Waals surface area contributed by atoms with Crippen LogP contribution in [-0.2, 0) is 13.1 Å². The van der Waals surface area contributed by atoms with Crippen molar-refractivity contribution in [3.8, 4) is 11.6 Å². The molecule has 3 rings (SSSR count). The van der Waals surface area contributed by atoms with Crippen molar-refractivity contribution in [3.05, 3.63) is 53.7 Å². The third-order valence-electron chi connectivity index (χ3n) is 4.28. The second-order valence-electron chi connectivity index (χ2n) is 6.35. The number of pyridine rings is 1. The van der Waals surface area contributed by atoms with E-state index in [0.717, 1.165) is 35.4 Å². The summed E-state index contributed by atoms with van der Waals surface area (Å²) in [6.45, 7) is 2.10. The highest BCUT2D eigenvalue weighted by molar-refractivity contribution is 5.79. The average molecular weight is 354 g/mol. The maximum atomic E-state index is 5.96. The lowest BCUT2D eigenvalue weighted by Gasteiger charge is -2.15. The Labute approximate surface area is 154 Å². The number of ether oxygens (including phenoxy) is 2. The minimum atomic E-state index is 0.606. The van der Waals surface area contributed by atoms with Gasteiger partial charge in [0.1, 0.15) is 5.75 Å². The molecule has 0 unspecified atom stereocenters. The van der Waals surface area contributed by atoms with Crippen molar-refractivity contribution < 1.29 is 9.47 Å². The van der Waals surface area contributed by atoms with Crippen molar-refractivity contribution in [1.82, 2.24) is 15.6 Å². The predicted octanol–water partition coefficient (Wildman–Crippen LogP) is 2.74. The summed E-state index contributed by atoms with van der Waals surface area (Å²) < 4.78 is 11.1. The molecule has 6 nitrogen and oxygen atoms in total. The van der Waals surface area contributed by atoms with Gasteiger partial charge in [-0.25, -0.2) is 4.98 Å². The number of aliphatic imine (C=N–C) groups is 1. The van der Waals surface area contributed by atoms with E-state index in [9.17, 15) is 0 Å². The lowest BCUT2D eigenvalue weighted by atomic mass is 10.2. The van der Waals surface area contributed by atoms with Gasteiger partial charge in [-0.2, -0.15) is 0 Å². The standard InChI is InChI=1S/C20H26N4O2/c1-21-20(23-12-16-9-10-22-19(11-16)25-2)24-13-17-5-3-4-6-18(17)26-14-15-7-8-15/h3-6,9-11,15H,7-8,12-14H2,1-2H3,(H2,21,23,24). The van der Waals surface area contributed by atoms with E-state index in [-0.39, 0.29) is 0 Å². The van der Waals surface area contributed by atoms with Crippen LogP contribution in [0.15, 0.2) is 47.6 Å². The van der Waals surface area contributed by atoms with E-state index in [1.54, 1.807) is 20.4 Å². The Morgan fingerprint density at radius 3 is 2.77 bits per heavy atom. The first kappa shape index (κ1) is 18.0. The van der Waals surface area contributed by atoms with E-state index in [1.165, 1.54) is 12.8 Å². The molecule has 26 heavy (non-hydrogen) atoms. The molecule has 1 aliphatic carbocycles. The molecule has 1 fully saturated rings. The molecule has 1 aromatic carbocycles. The van der Waals surface area contributed by atoms with Crippen LogP contribution < -0.4 is 20.1 Å². The van der Waals surface area contributed by atoms with Crippen LogP contribution in [0.2, 0.25) is 0 Å². The van der Waals surface area contributed by atoms with Crippen LogP contribution in [0.4, 0.5) is 0 Å². The average Bonchev–Trinajstić information content (AvgIpc) is 3.52. The molecule has 0 saturated heterocycles. The number of hydrogen-bond donors (Lipinski definition) is 2. The highest BCUT2D eigenvalue weighted by Crippen LogP contribution is 2.30. The fourth-order valence-electron chi connectivity index (χ4n) is 2.54. The molecule has 0 spiro atoms. The second kappa shape index (κ2) is 9.08. The van der Waals surface area contributed by atoms with Crippen molar-refractivity contribution in [2.75, 3.05) is 20.8 Å². The van der Waals surface area contributed by atoms with Crippen LogP contribution in [0.5, 0.6) is 11.6 Å². The Kier molecular flexibility index (Phi) is 6.30. The Bertz CT molecular complexity index is 744. The molecule has 6 heteroatoms. The molecule has 1 aliphatic rings. The third-order valence-corrected chi connectivity index (χ3v) is 4.28. The lowest BCUT2D eigenvalue weighted by Crippen LogP contribution is -2.36. The molecule has 1 saturated carbocycles. The van der Waals surface area contributed by atoms with Crippen LogP contribution in [-0.4, -0.2) is 31.7 Å². The number of nitrogens with one attached hydrogen (secondary N) is 2. The fraction of sp³-hybridized carbons (Fsp3) is 0.400. The van der Waals surface area contributed by atoms with Gasteiger partial charge in [0.2, 0.25) is 5.88 Å². The van der Waals surface area contributed by atoms with E-state index in [0.29, 0.717) is 19.0 Å². The van der Waals surface area contributed by atoms with Crippen molar-refractivity contribution in [3.63, 3.8) is 0 Å². The Morgan fingerprint density at radius 1 is 1.19 bits per heavy atom. The van der Waals surface area contributed by atoms with Crippen LogP contribution in [0.1, 0.15) is 24.0 Å².